The van der Waals surface area contributed by atoms with Crippen LogP contribution >= 0.6 is 11.8 Å². The van der Waals surface area contributed by atoms with Crippen molar-refractivity contribution in [3.63, 3.8) is 0 Å². The molecule has 222 valence electrons. The van der Waals surface area contributed by atoms with Crippen molar-refractivity contribution in [2.75, 3.05) is 6.54 Å². The molecule has 3 heterocycles. The lowest BCUT2D eigenvalue weighted by molar-refractivity contribution is 0.0593. The largest absolute Gasteiger partial charge is 0.491 e. The van der Waals surface area contributed by atoms with E-state index in [1.165, 1.54) is 4.90 Å². The minimum Gasteiger partial charge on any atom is -0.491 e. The van der Waals surface area contributed by atoms with Crippen LogP contribution in [0.15, 0.2) is 97.3 Å². The van der Waals surface area contributed by atoms with Gasteiger partial charge < -0.3 is 9.14 Å². The van der Waals surface area contributed by atoms with Gasteiger partial charge >= 0.3 is 0 Å². The Morgan fingerprint density at radius 2 is 1.57 bits per heavy atom. The molecule has 8 nitrogen and oxygen atoms in total. The van der Waals surface area contributed by atoms with Gasteiger partial charge in [-0.15, -0.1) is 0 Å². The van der Waals surface area contributed by atoms with Crippen LogP contribution in [0.25, 0.3) is 16.9 Å². The number of carbonyl (C=O) groups is 3. The average molecular weight is 607 g/mol. The number of imidazole rings is 1. The summed E-state index contributed by atoms with van der Waals surface area (Å²) < 4.78 is 8.79. The second-order valence-corrected chi connectivity index (χ2v) is 11.5. The van der Waals surface area contributed by atoms with E-state index in [4.69, 9.17) is 21.5 Å². The molecule has 0 saturated heterocycles. The number of aromatic nitrogens is 2. The van der Waals surface area contributed by atoms with E-state index in [0.29, 0.717) is 28.9 Å². The Balaban J connectivity index is 1.26. The van der Waals surface area contributed by atoms with Gasteiger partial charge in [0.25, 0.3) is 17.7 Å². The number of carbonyl (C=O) groups excluding carboxylic acids is 3. The van der Waals surface area contributed by atoms with Crippen LogP contribution in [0.5, 0.6) is 5.75 Å². The third-order valence-electron chi connectivity index (χ3n) is 7.66. The summed E-state index contributed by atoms with van der Waals surface area (Å²) >= 11 is 6.77. The summed E-state index contributed by atoms with van der Waals surface area (Å²) in [5.74, 6) is -0.608. The minimum atomic E-state index is -0.707. The molecule has 6 rings (SSSR count). The highest BCUT2D eigenvalue weighted by atomic mass is 35.5. The molecule has 3 amide bonds. The van der Waals surface area contributed by atoms with Crippen LogP contribution in [0, 0.1) is 6.92 Å². The first-order valence-electron chi connectivity index (χ1n) is 14.4. The molecule has 1 aliphatic rings. The number of benzene rings is 3. The third-order valence-corrected chi connectivity index (χ3v) is 8.09. The molecule has 0 spiro atoms. The number of halogens is 1. The van der Waals surface area contributed by atoms with Crippen molar-refractivity contribution in [1.82, 2.24) is 18.7 Å². The normalized spacial score (nSPS) is 13.4. The fourth-order valence-corrected chi connectivity index (χ4v) is 5.67. The van der Waals surface area contributed by atoms with E-state index >= 15 is 0 Å². The van der Waals surface area contributed by atoms with E-state index in [1.807, 2.05) is 74.0 Å². The molecular formula is C35H31ClN4O4. The third kappa shape index (κ3) is 5.68. The number of pyridine rings is 1. The van der Waals surface area contributed by atoms with Crippen molar-refractivity contribution < 1.29 is 19.1 Å². The van der Waals surface area contributed by atoms with E-state index in [0.717, 1.165) is 32.5 Å². The van der Waals surface area contributed by atoms with Gasteiger partial charge in [0.15, 0.2) is 0 Å². The van der Waals surface area contributed by atoms with E-state index in [-0.39, 0.29) is 12.6 Å². The lowest BCUT2D eigenvalue weighted by atomic mass is 10.0. The Kier molecular flexibility index (Phi) is 7.93. The number of nitrogens with zero attached hydrogens (tertiary/aromatic N) is 4. The van der Waals surface area contributed by atoms with Gasteiger partial charge in [0.1, 0.15) is 11.4 Å². The summed E-state index contributed by atoms with van der Waals surface area (Å²) in [6, 6.07) is 24.6. The Labute approximate surface area is 260 Å². The topological polar surface area (TPSA) is 84.2 Å². The zero-order valence-electron chi connectivity index (χ0n) is 24.6. The number of hydrogen-bond donors (Lipinski definition) is 0. The van der Waals surface area contributed by atoms with E-state index in [1.54, 1.807) is 48.5 Å². The Morgan fingerprint density at radius 3 is 2.18 bits per heavy atom. The summed E-state index contributed by atoms with van der Waals surface area (Å²) in [6.07, 6.45) is 4.25. The molecule has 0 bridgehead atoms. The van der Waals surface area contributed by atoms with Crippen LogP contribution in [0.3, 0.4) is 0 Å². The molecule has 44 heavy (non-hydrogen) atoms. The molecule has 0 aliphatic carbocycles. The molecule has 0 N–H and O–H groups in total. The van der Waals surface area contributed by atoms with Crippen LogP contribution in [-0.2, 0) is 6.42 Å². The maximum atomic E-state index is 13.6. The fraction of sp³-hybridized carbons (Fsp3) is 0.200. The van der Waals surface area contributed by atoms with Crippen LogP contribution in [0.1, 0.15) is 56.0 Å². The molecule has 0 saturated carbocycles. The summed E-state index contributed by atoms with van der Waals surface area (Å²) in [7, 11) is 0. The molecule has 1 aliphatic heterocycles. The van der Waals surface area contributed by atoms with Gasteiger partial charge in [-0.3, -0.25) is 19.3 Å². The summed E-state index contributed by atoms with van der Waals surface area (Å²) in [5, 5.41) is 0. The lowest BCUT2D eigenvalue weighted by Crippen LogP contribution is -2.45. The first-order valence-corrected chi connectivity index (χ1v) is 14.8. The summed E-state index contributed by atoms with van der Waals surface area (Å²) in [5.41, 5.74) is 5.69. The fourth-order valence-electron chi connectivity index (χ4n) is 5.45. The van der Waals surface area contributed by atoms with E-state index in [2.05, 4.69) is 0 Å². The van der Waals surface area contributed by atoms with Crippen LogP contribution in [0.4, 0.5) is 0 Å². The maximum Gasteiger partial charge on any atom is 0.268 e. The number of rotatable bonds is 9. The van der Waals surface area contributed by atoms with Gasteiger partial charge in [-0.25, -0.2) is 9.40 Å². The van der Waals surface area contributed by atoms with Gasteiger partial charge in [0.05, 0.1) is 35.5 Å². The number of hydrogen-bond acceptors (Lipinski definition) is 5. The minimum absolute atomic E-state index is 0.00618. The number of imide groups is 1. The second kappa shape index (κ2) is 12.0. The standard InChI is InChI=1S/C35H31ClN4O4/c1-22(2)44-28-16-14-26(15-17-28)33(41)40(36)27(20-39-34(42)29-8-4-5-9-30(29)35(39)43)19-24-10-12-25(13-11-24)31-21-38-18-6-7-23(3)32(38)37-31/h4-18,21-22,27H,19-20H2,1-3H3/t27-/m0/s1. The van der Waals surface area contributed by atoms with Gasteiger partial charge in [-0.1, -0.05) is 42.5 Å². The highest BCUT2D eigenvalue weighted by Gasteiger charge is 2.38. The summed E-state index contributed by atoms with van der Waals surface area (Å²) in [6.45, 7) is 5.81. The molecule has 0 fully saturated rings. The monoisotopic (exact) mass is 606 g/mol. The average Bonchev–Trinajstić information content (AvgIpc) is 3.57. The predicted octanol–water partition coefficient (Wildman–Crippen LogP) is 6.60. The Morgan fingerprint density at radius 1 is 0.909 bits per heavy atom. The smallest absolute Gasteiger partial charge is 0.268 e. The van der Waals surface area contributed by atoms with Crippen LogP contribution in [0.2, 0.25) is 0 Å². The van der Waals surface area contributed by atoms with Crippen molar-refractivity contribution in [3.05, 3.63) is 125 Å². The molecule has 3 aromatic carbocycles. The van der Waals surface area contributed by atoms with Crippen LogP contribution in [-0.4, -0.2) is 55.1 Å². The van der Waals surface area contributed by atoms with Crippen molar-refractivity contribution in [2.24, 2.45) is 0 Å². The molecule has 1 atom stereocenters. The zero-order chi connectivity index (χ0) is 31.0. The van der Waals surface area contributed by atoms with Crippen molar-refractivity contribution in [2.45, 2.75) is 39.3 Å². The van der Waals surface area contributed by atoms with E-state index < -0.39 is 23.8 Å². The number of aryl methyl sites for hydroxylation is 1. The quantitative estimate of drug-likeness (QED) is 0.139. The second-order valence-electron chi connectivity index (χ2n) is 11.2. The maximum absolute atomic E-state index is 13.6. The van der Waals surface area contributed by atoms with Gasteiger partial charge in [-0.2, -0.15) is 0 Å². The van der Waals surface area contributed by atoms with Crippen molar-refractivity contribution in [3.8, 4) is 17.0 Å². The van der Waals surface area contributed by atoms with Crippen LogP contribution < -0.4 is 4.74 Å². The first-order chi connectivity index (χ1) is 21.2. The predicted molar refractivity (Wildman–Crippen MR) is 169 cm³/mol. The Bertz CT molecular complexity index is 1830. The molecule has 9 heteroatoms. The van der Waals surface area contributed by atoms with Crippen molar-refractivity contribution >= 4 is 35.1 Å². The molecule has 5 aromatic rings. The zero-order valence-corrected chi connectivity index (χ0v) is 25.4. The highest BCUT2D eigenvalue weighted by Crippen LogP contribution is 2.27. The molecule has 0 unspecified atom stereocenters. The van der Waals surface area contributed by atoms with Gasteiger partial charge in [-0.05, 0) is 80.8 Å². The summed E-state index contributed by atoms with van der Waals surface area (Å²) in [4.78, 5) is 46.0. The first kappa shape index (κ1) is 29.1. The number of fused-ring (bicyclic) bond motifs is 2. The SMILES string of the molecule is Cc1cccn2cc(-c3ccc(C[C@@H](CN4C(=O)c5ccccc5C4=O)N(Cl)C(=O)c4ccc(OC(C)C)cc4)cc3)nc12. The van der Waals surface area contributed by atoms with Crippen molar-refractivity contribution in [1.29, 1.82) is 0 Å². The highest BCUT2D eigenvalue weighted by molar-refractivity contribution is 6.24. The Hall–Kier alpha value is -4.95. The number of amides is 3. The molecular weight excluding hydrogens is 576 g/mol. The van der Waals surface area contributed by atoms with Gasteiger partial charge in [0.2, 0.25) is 0 Å². The number of ether oxygens (including phenoxy) is 1. The molecule has 2 aromatic heterocycles. The molecule has 0 radical (unpaired) electrons. The van der Waals surface area contributed by atoms with E-state index in [9.17, 15) is 14.4 Å². The lowest BCUT2D eigenvalue weighted by Gasteiger charge is -2.29. The van der Waals surface area contributed by atoms with Gasteiger partial charge in [0, 0.05) is 35.3 Å².